The highest BCUT2D eigenvalue weighted by atomic mass is 35.5. The van der Waals surface area contributed by atoms with Crippen LogP contribution < -0.4 is 10.0 Å². The highest BCUT2D eigenvalue weighted by molar-refractivity contribution is 6.32. The van der Waals surface area contributed by atoms with E-state index in [9.17, 15) is 23.2 Å². The summed E-state index contributed by atoms with van der Waals surface area (Å²) in [7, 11) is 0. The van der Waals surface area contributed by atoms with E-state index in [0.717, 1.165) is 11.0 Å². The Labute approximate surface area is 198 Å². The van der Waals surface area contributed by atoms with Crippen molar-refractivity contribution in [3.05, 3.63) is 88.9 Å². The molecule has 14 heteroatoms. The van der Waals surface area contributed by atoms with E-state index in [2.05, 4.69) is 25.6 Å². The average Bonchev–Trinajstić information content (AvgIpc) is 3.49. The van der Waals surface area contributed by atoms with Gasteiger partial charge in [0.2, 0.25) is 5.52 Å². The minimum atomic E-state index is -4.95. The van der Waals surface area contributed by atoms with Crippen molar-refractivity contribution in [3.8, 4) is 11.5 Å². The van der Waals surface area contributed by atoms with Gasteiger partial charge < -0.3 is 10.5 Å². The number of pyridine rings is 2. The summed E-state index contributed by atoms with van der Waals surface area (Å²) in [6, 6.07) is 8.47. The van der Waals surface area contributed by atoms with Crippen molar-refractivity contribution in [3.63, 3.8) is 0 Å². The molecule has 10 nitrogen and oxygen atoms in total. The zero-order valence-electron chi connectivity index (χ0n) is 17.3. The Hall–Kier alpha value is -4.52. The standard InChI is InChI=1S/C21H12ClF3N8O2/c22-15-9-12(10-26-19(15)33-27-6-7-28-33)30-20(34)14-11-29-32(18(14)21(23,24)25)17-5-1-4-16-13(17)3-2-8-31(16)35/h1-11H,(H,30,34). The van der Waals surface area contributed by atoms with Gasteiger partial charge in [-0.1, -0.05) is 17.7 Å². The molecule has 0 bridgehead atoms. The molecule has 1 aromatic carbocycles. The highest BCUT2D eigenvalue weighted by Crippen LogP contribution is 2.35. The number of rotatable bonds is 4. The third-order valence-corrected chi connectivity index (χ3v) is 5.26. The number of hydrogen-bond donors (Lipinski definition) is 1. The number of alkyl halides is 3. The first-order valence-corrected chi connectivity index (χ1v) is 10.2. The lowest BCUT2D eigenvalue weighted by Crippen LogP contribution is -2.26. The molecule has 0 aliphatic carbocycles. The molecule has 5 rings (SSSR count). The fourth-order valence-electron chi connectivity index (χ4n) is 3.53. The molecule has 0 spiro atoms. The Balaban J connectivity index is 1.54. The summed E-state index contributed by atoms with van der Waals surface area (Å²) in [4.78, 5) is 18.0. The van der Waals surface area contributed by atoms with E-state index < -0.39 is 23.3 Å². The molecule has 4 heterocycles. The molecule has 0 unspecified atom stereocenters. The lowest BCUT2D eigenvalue weighted by Gasteiger charge is -2.14. The number of amides is 1. The second-order valence-corrected chi connectivity index (χ2v) is 7.57. The van der Waals surface area contributed by atoms with Gasteiger partial charge in [-0.05, 0) is 18.2 Å². The van der Waals surface area contributed by atoms with Crippen LogP contribution >= 0.6 is 11.6 Å². The van der Waals surface area contributed by atoms with Gasteiger partial charge in [-0.25, -0.2) is 9.67 Å². The van der Waals surface area contributed by atoms with Crippen molar-refractivity contribution in [1.29, 1.82) is 0 Å². The third-order valence-electron chi connectivity index (χ3n) is 4.98. The van der Waals surface area contributed by atoms with Crippen LogP contribution in [0.4, 0.5) is 18.9 Å². The number of carbonyl (C=O) groups excluding carboxylic acids is 1. The summed E-state index contributed by atoms with van der Waals surface area (Å²) >= 11 is 6.17. The van der Waals surface area contributed by atoms with Crippen LogP contribution in [0.1, 0.15) is 16.1 Å². The first-order valence-electron chi connectivity index (χ1n) is 9.84. The van der Waals surface area contributed by atoms with Gasteiger partial charge >= 0.3 is 6.18 Å². The fraction of sp³-hybridized carbons (Fsp3) is 0.0476. The first-order chi connectivity index (χ1) is 16.7. The highest BCUT2D eigenvalue weighted by Gasteiger charge is 2.41. The normalized spacial score (nSPS) is 11.7. The smallest absolute Gasteiger partial charge is 0.434 e. The van der Waals surface area contributed by atoms with E-state index in [0.29, 0.717) is 9.41 Å². The Morgan fingerprint density at radius 1 is 1.09 bits per heavy atom. The van der Waals surface area contributed by atoms with Gasteiger partial charge in [0.15, 0.2) is 17.7 Å². The van der Waals surface area contributed by atoms with Crippen molar-refractivity contribution in [2.45, 2.75) is 6.18 Å². The maximum Gasteiger partial charge on any atom is 0.434 e. The second-order valence-electron chi connectivity index (χ2n) is 7.16. The molecule has 0 aliphatic rings. The molecule has 35 heavy (non-hydrogen) atoms. The SMILES string of the molecule is O=C(Nc1cnc(-n2nccn2)c(Cl)c1)c1cnn(-c2cccc3c2ccc[n+]3[O-])c1C(F)(F)F. The summed E-state index contributed by atoms with van der Waals surface area (Å²) in [5, 5.41) is 26.3. The van der Waals surface area contributed by atoms with Gasteiger partial charge in [-0.15, -0.1) is 4.80 Å². The van der Waals surface area contributed by atoms with Crippen LogP contribution in [-0.4, -0.2) is 35.7 Å². The number of benzene rings is 1. The number of hydrogen-bond acceptors (Lipinski definition) is 6. The van der Waals surface area contributed by atoms with E-state index >= 15 is 0 Å². The second kappa shape index (κ2) is 8.36. The maximum atomic E-state index is 14.1. The van der Waals surface area contributed by atoms with Gasteiger partial charge in [-0.3, -0.25) is 4.79 Å². The van der Waals surface area contributed by atoms with Crippen LogP contribution in [0, 0.1) is 5.21 Å². The van der Waals surface area contributed by atoms with Crippen LogP contribution in [0.15, 0.2) is 67.4 Å². The number of nitrogens with one attached hydrogen (secondary N) is 1. The third kappa shape index (κ3) is 4.01. The largest absolute Gasteiger partial charge is 0.618 e. The van der Waals surface area contributed by atoms with Crippen LogP contribution in [0.25, 0.3) is 22.4 Å². The average molecular weight is 501 g/mol. The maximum absolute atomic E-state index is 14.1. The van der Waals surface area contributed by atoms with Crippen LogP contribution in [0.2, 0.25) is 5.02 Å². The molecule has 4 aromatic heterocycles. The van der Waals surface area contributed by atoms with Crippen LogP contribution in [-0.2, 0) is 6.18 Å². The number of fused-ring (bicyclic) bond motifs is 1. The Morgan fingerprint density at radius 3 is 2.57 bits per heavy atom. The van der Waals surface area contributed by atoms with E-state index in [4.69, 9.17) is 11.6 Å². The summed E-state index contributed by atoms with van der Waals surface area (Å²) < 4.78 is 43.5. The van der Waals surface area contributed by atoms with Gasteiger partial charge in [0.25, 0.3) is 5.91 Å². The Kier molecular flexibility index (Phi) is 5.32. The molecule has 0 radical (unpaired) electrons. The van der Waals surface area contributed by atoms with E-state index in [1.165, 1.54) is 61.2 Å². The van der Waals surface area contributed by atoms with Gasteiger partial charge in [-0.2, -0.15) is 33.2 Å². The van der Waals surface area contributed by atoms with Crippen molar-refractivity contribution in [2.75, 3.05) is 5.32 Å². The summed E-state index contributed by atoms with van der Waals surface area (Å²) in [5.41, 5.74) is -1.85. The van der Waals surface area contributed by atoms with Gasteiger partial charge in [0.1, 0.15) is 0 Å². The molecule has 0 saturated carbocycles. The number of anilines is 1. The Bertz CT molecular complexity index is 1570. The van der Waals surface area contributed by atoms with Gasteiger partial charge in [0.05, 0.1) is 52.1 Å². The molecular formula is C21H12ClF3N8O2. The van der Waals surface area contributed by atoms with Crippen molar-refractivity contribution >= 4 is 34.1 Å². The minimum Gasteiger partial charge on any atom is -0.618 e. The first kappa shape index (κ1) is 22.3. The van der Waals surface area contributed by atoms with E-state index in [-0.39, 0.29) is 33.1 Å². The molecule has 176 valence electrons. The van der Waals surface area contributed by atoms with Gasteiger partial charge in [0, 0.05) is 12.1 Å². The molecule has 5 aromatic rings. The zero-order chi connectivity index (χ0) is 24.7. The lowest BCUT2D eigenvalue weighted by atomic mass is 10.1. The molecule has 1 N–H and O–H groups in total. The molecule has 0 aliphatic heterocycles. The monoisotopic (exact) mass is 500 g/mol. The van der Waals surface area contributed by atoms with Crippen molar-refractivity contribution < 1.29 is 22.7 Å². The predicted octanol–water partition coefficient (Wildman–Crippen LogP) is 3.56. The quantitative estimate of drug-likeness (QED) is 0.298. The zero-order valence-corrected chi connectivity index (χ0v) is 18.1. The number of nitrogens with zero attached hydrogens (tertiary/aromatic N) is 7. The topological polar surface area (TPSA) is 117 Å². The van der Waals surface area contributed by atoms with Crippen LogP contribution in [0.5, 0.6) is 0 Å². The molecule has 1 amide bonds. The molecule has 0 atom stereocenters. The number of aromatic nitrogens is 7. The van der Waals surface area contributed by atoms with Crippen LogP contribution in [0.3, 0.4) is 0 Å². The molecular weight excluding hydrogens is 489 g/mol. The summed E-state index contributed by atoms with van der Waals surface area (Å²) in [6.07, 6.45) is 1.12. The number of halogens is 4. The lowest BCUT2D eigenvalue weighted by molar-refractivity contribution is -0.577. The van der Waals surface area contributed by atoms with E-state index in [1.54, 1.807) is 0 Å². The minimum absolute atomic E-state index is 0.0140. The predicted molar refractivity (Wildman–Crippen MR) is 117 cm³/mol. The summed E-state index contributed by atoms with van der Waals surface area (Å²) in [5.74, 6) is -0.907. The van der Waals surface area contributed by atoms with Crippen molar-refractivity contribution in [1.82, 2.24) is 29.8 Å². The fourth-order valence-corrected chi connectivity index (χ4v) is 3.77. The Morgan fingerprint density at radius 2 is 1.86 bits per heavy atom. The molecule has 0 saturated heterocycles. The van der Waals surface area contributed by atoms with Crippen molar-refractivity contribution in [2.24, 2.45) is 0 Å². The molecule has 0 fully saturated rings. The van der Waals surface area contributed by atoms with E-state index in [1.807, 2.05) is 0 Å². The summed E-state index contributed by atoms with van der Waals surface area (Å²) in [6.45, 7) is 0. The number of carbonyl (C=O) groups is 1.